The quantitative estimate of drug-likeness (QED) is 0.811. The standard InChI is InChI=1S/C16H25N3O3S/c1-11(2)10-19-14(5)16(12(3)17-19)23(20,21)18(6)13(4)15-8-7-9-22-15/h7-9,11,13H,10H2,1-6H3/t13-/m0/s1. The van der Waals surface area contributed by atoms with E-state index in [2.05, 4.69) is 18.9 Å². The van der Waals surface area contributed by atoms with Gasteiger partial charge in [0.2, 0.25) is 10.0 Å². The maximum atomic E-state index is 13.0. The third kappa shape index (κ3) is 3.35. The van der Waals surface area contributed by atoms with Gasteiger partial charge in [-0.1, -0.05) is 13.8 Å². The van der Waals surface area contributed by atoms with E-state index in [-0.39, 0.29) is 6.04 Å². The van der Waals surface area contributed by atoms with Gasteiger partial charge in [0.15, 0.2) is 0 Å². The van der Waals surface area contributed by atoms with Gasteiger partial charge in [-0.25, -0.2) is 8.42 Å². The third-order valence-corrected chi connectivity index (χ3v) is 6.17. The molecular weight excluding hydrogens is 314 g/mol. The Morgan fingerprint density at radius 3 is 2.48 bits per heavy atom. The van der Waals surface area contributed by atoms with Gasteiger partial charge in [0.1, 0.15) is 10.7 Å². The summed E-state index contributed by atoms with van der Waals surface area (Å²) in [6, 6.07) is 3.14. The first kappa shape index (κ1) is 17.7. The number of hydrogen-bond acceptors (Lipinski definition) is 4. The van der Waals surface area contributed by atoms with Crippen LogP contribution in [0, 0.1) is 19.8 Å². The van der Waals surface area contributed by atoms with E-state index in [1.165, 1.54) is 4.31 Å². The molecule has 2 rings (SSSR count). The second-order valence-electron chi connectivity index (χ2n) is 6.29. The van der Waals surface area contributed by atoms with Crippen molar-refractivity contribution in [3.63, 3.8) is 0 Å². The molecule has 0 aliphatic heterocycles. The largest absolute Gasteiger partial charge is 0.468 e. The van der Waals surface area contributed by atoms with Gasteiger partial charge in [-0.2, -0.15) is 9.40 Å². The fourth-order valence-electron chi connectivity index (χ4n) is 2.64. The van der Waals surface area contributed by atoms with Crippen LogP contribution in [0.2, 0.25) is 0 Å². The van der Waals surface area contributed by atoms with Crippen LogP contribution < -0.4 is 0 Å². The number of rotatable bonds is 6. The van der Waals surface area contributed by atoms with Crippen LogP contribution in [0.1, 0.15) is 44.0 Å². The molecule has 128 valence electrons. The van der Waals surface area contributed by atoms with E-state index in [4.69, 9.17) is 4.42 Å². The number of furan rings is 1. The van der Waals surface area contributed by atoms with Gasteiger partial charge < -0.3 is 4.42 Å². The highest BCUT2D eigenvalue weighted by Crippen LogP contribution is 2.29. The van der Waals surface area contributed by atoms with Gasteiger partial charge in [-0.3, -0.25) is 4.68 Å². The summed E-state index contributed by atoms with van der Waals surface area (Å²) >= 11 is 0. The Labute approximate surface area is 138 Å². The molecule has 0 N–H and O–H groups in total. The molecule has 6 nitrogen and oxygen atoms in total. The molecule has 2 heterocycles. The first-order valence-electron chi connectivity index (χ1n) is 7.71. The Bertz CT molecular complexity index is 761. The van der Waals surface area contributed by atoms with Crippen LogP contribution in [0.3, 0.4) is 0 Å². The zero-order chi connectivity index (χ0) is 17.4. The molecule has 7 heteroatoms. The van der Waals surface area contributed by atoms with E-state index in [0.717, 1.165) is 0 Å². The number of hydrogen-bond donors (Lipinski definition) is 0. The van der Waals surface area contributed by atoms with Crippen molar-refractivity contribution in [3.8, 4) is 0 Å². The van der Waals surface area contributed by atoms with Crippen LogP contribution >= 0.6 is 0 Å². The highest BCUT2D eigenvalue weighted by Gasteiger charge is 2.32. The molecule has 0 saturated heterocycles. The lowest BCUT2D eigenvalue weighted by atomic mass is 10.2. The molecule has 0 amide bonds. The van der Waals surface area contributed by atoms with Crippen LogP contribution in [0.5, 0.6) is 0 Å². The van der Waals surface area contributed by atoms with E-state index in [1.807, 2.05) is 0 Å². The number of nitrogens with zero attached hydrogens (tertiary/aromatic N) is 3. The average molecular weight is 339 g/mol. The predicted molar refractivity (Wildman–Crippen MR) is 88.6 cm³/mol. The lowest BCUT2D eigenvalue weighted by Gasteiger charge is -2.23. The van der Waals surface area contributed by atoms with Crippen LogP contribution in [0.15, 0.2) is 27.7 Å². The van der Waals surface area contributed by atoms with Gasteiger partial charge in [-0.05, 0) is 38.8 Å². The van der Waals surface area contributed by atoms with Crippen molar-refractivity contribution in [1.82, 2.24) is 14.1 Å². The minimum atomic E-state index is -3.65. The van der Waals surface area contributed by atoms with Crippen LogP contribution in [-0.4, -0.2) is 29.6 Å². The molecule has 0 unspecified atom stereocenters. The van der Waals surface area contributed by atoms with Crippen molar-refractivity contribution >= 4 is 10.0 Å². The molecule has 0 aromatic carbocycles. The highest BCUT2D eigenvalue weighted by atomic mass is 32.2. The highest BCUT2D eigenvalue weighted by molar-refractivity contribution is 7.89. The Morgan fingerprint density at radius 2 is 1.96 bits per heavy atom. The minimum absolute atomic E-state index is 0.291. The molecule has 0 bridgehead atoms. The van der Waals surface area contributed by atoms with Crippen LogP contribution in [-0.2, 0) is 16.6 Å². The molecular formula is C16H25N3O3S. The predicted octanol–water partition coefficient (Wildman–Crippen LogP) is 3.13. The maximum Gasteiger partial charge on any atom is 0.247 e. The lowest BCUT2D eigenvalue weighted by Crippen LogP contribution is -2.30. The summed E-state index contributed by atoms with van der Waals surface area (Å²) in [5.74, 6) is 1.00. The summed E-state index contributed by atoms with van der Waals surface area (Å²) in [6.07, 6.45) is 1.55. The molecule has 0 radical (unpaired) electrons. The second-order valence-corrected chi connectivity index (χ2v) is 8.22. The van der Waals surface area contributed by atoms with E-state index >= 15 is 0 Å². The Kier molecular flexibility index (Phi) is 5.01. The molecule has 2 aromatic rings. The van der Waals surface area contributed by atoms with Gasteiger partial charge in [-0.15, -0.1) is 0 Å². The SMILES string of the molecule is Cc1nn(CC(C)C)c(C)c1S(=O)(=O)N(C)[C@@H](C)c1ccco1. The second kappa shape index (κ2) is 6.49. The first-order chi connectivity index (χ1) is 10.7. The monoisotopic (exact) mass is 339 g/mol. The molecule has 0 fully saturated rings. The smallest absolute Gasteiger partial charge is 0.247 e. The van der Waals surface area contributed by atoms with Crippen molar-refractivity contribution in [3.05, 3.63) is 35.5 Å². The normalized spacial score (nSPS) is 13.9. The first-order valence-corrected chi connectivity index (χ1v) is 9.15. The van der Waals surface area contributed by atoms with Crippen molar-refractivity contribution in [2.75, 3.05) is 7.05 Å². The molecule has 23 heavy (non-hydrogen) atoms. The van der Waals surface area contributed by atoms with Crippen molar-refractivity contribution in [2.45, 2.75) is 52.1 Å². The van der Waals surface area contributed by atoms with Gasteiger partial charge in [0, 0.05) is 13.6 Å². The van der Waals surface area contributed by atoms with Gasteiger partial charge >= 0.3 is 0 Å². The molecule has 2 aromatic heterocycles. The van der Waals surface area contributed by atoms with Gasteiger partial charge in [0.05, 0.1) is 23.7 Å². The fraction of sp³-hybridized carbons (Fsp3) is 0.562. The molecule has 1 atom stereocenters. The molecule has 0 spiro atoms. The van der Waals surface area contributed by atoms with Crippen LogP contribution in [0.25, 0.3) is 0 Å². The molecule has 0 aliphatic carbocycles. The summed E-state index contributed by atoms with van der Waals surface area (Å²) in [6.45, 7) is 10.2. The third-order valence-electron chi connectivity index (χ3n) is 3.99. The van der Waals surface area contributed by atoms with E-state index < -0.39 is 10.0 Å². The number of aromatic nitrogens is 2. The Balaban J connectivity index is 2.42. The van der Waals surface area contributed by atoms with Gasteiger partial charge in [0.25, 0.3) is 0 Å². The summed E-state index contributed by atoms with van der Waals surface area (Å²) < 4.78 is 34.5. The Hall–Kier alpha value is -1.60. The zero-order valence-corrected chi connectivity index (χ0v) is 15.4. The zero-order valence-electron chi connectivity index (χ0n) is 14.6. The molecule has 0 aliphatic rings. The summed E-state index contributed by atoms with van der Waals surface area (Å²) in [5, 5.41) is 4.41. The Morgan fingerprint density at radius 1 is 1.30 bits per heavy atom. The van der Waals surface area contributed by atoms with E-state index in [0.29, 0.717) is 34.5 Å². The molecule has 0 saturated carbocycles. The topological polar surface area (TPSA) is 68.3 Å². The van der Waals surface area contributed by atoms with Crippen molar-refractivity contribution < 1.29 is 12.8 Å². The number of sulfonamides is 1. The van der Waals surface area contributed by atoms with Crippen molar-refractivity contribution in [2.24, 2.45) is 5.92 Å². The minimum Gasteiger partial charge on any atom is -0.468 e. The summed E-state index contributed by atoms with van der Waals surface area (Å²) in [4.78, 5) is 0.291. The maximum absolute atomic E-state index is 13.0. The number of aryl methyl sites for hydroxylation is 1. The van der Waals surface area contributed by atoms with Crippen molar-refractivity contribution in [1.29, 1.82) is 0 Å². The average Bonchev–Trinajstić information content (AvgIpc) is 3.06. The van der Waals surface area contributed by atoms with E-state index in [1.54, 1.807) is 50.9 Å². The summed E-state index contributed by atoms with van der Waals surface area (Å²) in [7, 11) is -2.08. The van der Waals surface area contributed by atoms with E-state index in [9.17, 15) is 8.42 Å². The summed E-state index contributed by atoms with van der Waals surface area (Å²) in [5.41, 5.74) is 1.20. The fourth-order valence-corrected chi connectivity index (χ4v) is 4.34. The van der Waals surface area contributed by atoms with Crippen LogP contribution in [0.4, 0.5) is 0 Å². The lowest BCUT2D eigenvalue weighted by molar-refractivity contribution is 0.339.